The van der Waals surface area contributed by atoms with Gasteiger partial charge in [-0.05, 0) is 74.3 Å². The van der Waals surface area contributed by atoms with E-state index in [-0.39, 0.29) is 11.4 Å². The van der Waals surface area contributed by atoms with Gasteiger partial charge in [0.05, 0.1) is 6.54 Å². The highest BCUT2D eigenvalue weighted by molar-refractivity contribution is 5.83. The van der Waals surface area contributed by atoms with Crippen molar-refractivity contribution in [2.45, 2.75) is 50.5 Å². The lowest BCUT2D eigenvalue weighted by Crippen LogP contribution is -2.61. The van der Waals surface area contributed by atoms with Crippen molar-refractivity contribution in [3.05, 3.63) is 29.8 Å². The summed E-state index contributed by atoms with van der Waals surface area (Å²) in [6.07, 6.45) is 9.06. The van der Waals surface area contributed by atoms with Crippen LogP contribution in [0.25, 0.3) is 0 Å². The van der Waals surface area contributed by atoms with Crippen LogP contribution in [-0.4, -0.2) is 24.5 Å². The lowest BCUT2D eigenvalue weighted by atomic mass is 9.53. The molecule has 6 rings (SSSR count). The fourth-order valence-corrected chi connectivity index (χ4v) is 6.34. The lowest BCUT2D eigenvalue weighted by molar-refractivity contribution is -0.125. The highest BCUT2D eigenvalue weighted by Gasteiger charge is 2.51. The highest BCUT2D eigenvalue weighted by atomic mass is 16.2. The normalized spacial score (nSPS) is 37.0. The molecule has 4 bridgehead atoms. The van der Waals surface area contributed by atoms with Crippen molar-refractivity contribution in [3.8, 4) is 0 Å². The van der Waals surface area contributed by atoms with E-state index in [0.29, 0.717) is 6.54 Å². The first-order valence-electron chi connectivity index (χ1n) is 9.33. The first kappa shape index (κ1) is 13.9. The maximum atomic E-state index is 12.7. The molecule has 23 heavy (non-hydrogen) atoms. The fraction of sp³-hybridized carbons (Fsp3) is 0.650. The summed E-state index contributed by atoms with van der Waals surface area (Å²) in [5.74, 6) is 2.89. The third-order valence-corrected chi connectivity index (χ3v) is 6.76. The monoisotopic (exact) mass is 310 g/mol. The number of amides is 1. The zero-order chi connectivity index (χ0) is 15.4. The second kappa shape index (κ2) is 4.99. The van der Waals surface area contributed by atoms with Crippen LogP contribution in [0, 0.1) is 17.8 Å². The molecule has 3 heteroatoms. The zero-order valence-electron chi connectivity index (χ0n) is 13.8. The van der Waals surface area contributed by atoms with E-state index in [1.807, 2.05) is 0 Å². The fourth-order valence-electron chi connectivity index (χ4n) is 6.34. The molecule has 1 aromatic rings. The Morgan fingerprint density at radius 1 is 1.09 bits per heavy atom. The third kappa shape index (κ3) is 2.36. The zero-order valence-corrected chi connectivity index (χ0v) is 13.8. The Hall–Kier alpha value is -1.51. The SMILES string of the molecule is O=C(CN1CCc2ccccc21)NC12CC3CC(CC(C3)C1)C2. The van der Waals surface area contributed by atoms with Gasteiger partial charge in [0, 0.05) is 17.8 Å². The molecule has 0 saturated heterocycles. The van der Waals surface area contributed by atoms with Crippen LogP contribution in [0.15, 0.2) is 24.3 Å². The van der Waals surface area contributed by atoms with E-state index < -0.39 is 0 Å². The highest BCUT2D eigenvalue weighted by Crippen LogP contribution is 2.55. The summed E-state index contributed by atoms with van der Waals surface area (Å²) in [4.78, 5) is 15.0. The van der Waals surface area contributed by atoms with Crippen LogP contribution in [0.2, 0.25) is 0 Å². The van der Waals surface area contributed by atoms with Crippen molar-refractivity contribution in [1.29, 1.82) is 0 Å². The topological polar surface area (TPSA) is 32.3 Å². The minimum Gasteiger partial charge on any atom is -0.362 e. The number of nitrogens with one attached hydrogen (secondary N) is 1. The standard InChI is InChI=1S/C20H26N2O/c23-19(13-22-6-5-17-3-1-2-4-18(17)22)21-20-10-14-7-15(11-20)9-16(8-14)12-20/h1-4,14-16H,5-13H2,(H,21,23). The molecule has 0 spiro atoms. The molecule has 0 atom stereocenters. The molecular weight excluding hydrogens is 284 g/mol. The molecule has 5 aliphatic rings. The van der Waals surface area contributed by atoms with Crippen LogP contribution >= 0.6 is 0 Å². The molecule has 1 aromatic carbocycles. The number of fused-ring (bicyclic) bond motifs is 1. The third-order valence-electron chi connectivity index (χ3n) is 6.76. The molecule has 1 heterocycles. The Kier molecular flexibility index (Phi) is 3.01. The van der Waals surface area contributed by atoms with Crippen LogP contribution in [0.4, 0.5) is 5.69 Å². The number of hydrogen-bond donors (Lipinski definition) is 1. The average Bonchev–Trinajstić information content (AvgIpc) is 2.88. The van der Waals surface area contributed by atoms with E-state index in [0.717, 1.165) is 30.7 Å². The van der Waals surface area contributed by atoms with E-state index in [4.69, 9.17) is 0 Å². The van der Waals surface area contributed by atoms with Crippen molar-refractivity contribution < 1.29 is 4.79 Å². The number of benzene rings is 1. The molecule has 4 fully saturated rings. The van der Waals surface area contributed by atoms with Gasteiger partial charge in [0.2, 0.25) is 5.91 Å². The van der Waals surface area contributed by atoms with Gasteiger partial charge in [-0.2, -0.15) is 0 Å². The Bertz CT molecular complexity index is 603. The summed E-state index contributed by atoms with van der Waals surface area (Å²) < 4.78 is 0. The number of carbonyl (C=O) groups excluding carboxylic acids is 1. The van der Waals surface area contributed by atoms with Crippen molar-refractivity contribution >= 4 is 11.6 Å². The Labute approximate surface area is 138 Å². The summed E-state index contributed by atoms with van der Waals surface area (Å²) in [6, 6.07) is 8.51. The Morgan fingerprint density at radius 3 is 2.43 bits per heavy atom. The van der Waals surface area contributed by atoms with Gasteiger partial charge in [-0.3, -0.25) is 4.79 Å². The maximum absolute atomic E-state index is 12.7. The van der Waals surface area contributed by atoms with Crippen LogP contribution in [0.5, 0.6) is 0 Å². The van der Waals surface area contributed by atoms with Gasteiger partial charge in [0.15, 0.2) is 0 Å². The van der Waals surface area contributed by atoms with E-state index in [1.54, 1.807) is 0 Å². The van der Waals surface area contributed by atoms with Crippen LogP contribution < -0.4 is 10.2 Å². The summed E-state index contributed by atoms with van der Waals surface area (Å²) >= 11 is 0. The van der Waals surface area contributed by atoms with Crippen LogP contribution in [-0.2, 0) is 11.2 Å². The van der Waals surface area contributed by atoms with Crippen molar-refractivity contribution in [2.75, 3.05) is 18.0 Å². The Balaban J connectivity index is 1.28. The van der Waals surface area contributed by atoms with Gasteiger partial charge in [0.1, 0.15) is 0 Å². The number of hydrogen-bond acceptors (Lipinski definition) is 2. The van der Waals surface area contributed by atoms with Crippen molar-refractivity contribution in [1.82, 2.24) is 5.32 Å². The molecular formula is C20H26N2O. The van der Waals surface area contributed by atoms with Gasteiger partial charge in [-0.1, -0.05) is 18.2 Å². The molecule has 1 aliphatic heterocycles. The number of para-hydroxylation sites is 1. The molecule has 3 nitrogen and oxygen atoms in total. The molecule has 122 valence electrons. The second-order valence-electron chi connectivity index (χ2n) is 8.55. The molecule has 0 unspecified atom stereocenters. The summed E-state index contributed by atoms with van der Waals surface area (Å²) in [6.45, 7) is 1.51. The van der Waals surface area contributed by atoms with Crippen molar-refractivity contribution in [2.24, 2.45) is 17.8 Å². The molecule has 4 aliphatic carbocycles. The largest absolute Gasteiger partial charge is 0.362 e. The van der Waals surface area contributed by atoms with Gasteiger partial charge >= 0.3 is 0 Å². The van der Waals surface area contributed by atoms with Gasteiger partial charge in [-0.25, -0.2) is 0 Å². The predicted molar refractivity (Wildman–Crippen MR) is 91.4 cm³/mol. The lowest BCUT2D eigenvalue weighted by Gasteiger charge is -2.57. The molecule has 0 radical (unpaired) electrons. The minimum atomic E-state index is 0.144. The van der Waals surface area contributed by atoms with E-state index in [1.165, 1.54) is 49.8 Å². The van der Waals surface area contributed by atoms with E-state index in [2.05, 4.69) is 34.5 Å². The molecule has 0 aromatic heterocycles. The Morgan fingerprint density at radius 2 is 1.74 bits per heavy atom. The minimum absolute atomic E-state index is 0.144. The van der Waals surface area contributed by atoms with Crippen LogP contribution in [0.1, 0.15) is 44.1 Å². The second-order valence-corrected chi connectivity index (χ2v) is 8.55. The first-order chi connectivity index (χ1) is 11.2. The average molecular weight is 310 g/mol. The summed E-state index contributed by atoms with van der Waals surface area (Å²) in [5.41, 5.74) is 2.79. The first-order valence-corrected chi connectivity index (χ1v) is 9.33. The van der Waals surface area contributed by atoms with Gasteiger partial charge in [0.25, 0.3) is 0 Å². The smallest absolute Gasteiger partial charge is 0.239 e. The number of anilines is 1. The molecule has 1 amide bonds. The quantitative estimate of drug-likeness (QED) is 0.930. The summed E-state index contributed by atoms with van der Waals surface area (Å²) in [5, 5.41) is 3.50. The maximum Gasteiger partial charge on any atom is 0.239 e. The predicted octanol–water partition coefficient (Wildman–Crippen LogP) is 3.13. The van der Waals surface area contributed by atoms with Gasteiger partial charge in [-0.15, -0.1) is 0 Å². The summed E-state index contributed by atoms with van der Waals surface area (Å²) in [7, 11) is 0. The number of carbonyl (C=O) groups is 1. The number of nitrogens with zero attached hydrogens (tertiary/aromatic N) is 1. The van der Waals surface area contributed by atoms with E-state index in [9.17, 15) is 4.79 Å². The molecule has 4 saturated carbocycles. The number of rotatable bonds is 3. The van der Waals surface area contributed by atoms with Gasteiger partial charge < -0.3 is 10.2 Å². The van der Waals surface area contributed by atoms with E-state index >= 15 is 0 Å². The van der Waals surface area contributed by atoms with Crippen molar-refractivity contribution in [3.63, 3.8) is 0 Å². The molecule has 1 N–H and O–H groups in total. The van der Waals surface area contributed by atoms with Crippen LogP contribution in [0.3, 0.4) is 0 Å².